The number of halogens is 1. The van der Waals surface area contributed by atoms with Gasteiger partial charge in [0.05, 0.1) is 0 Å². The Labute approximate surface area is 112 Å². The van der Waals surface area contributed by atoms with Crippen molar-refractivity contribution < 1.29 is 0 Å². The predicted molar refractivity (Wildman–Crippen MR) is 75.1 cm³/mol. The molecule has 0 spiro atoms. The van der Waals surface area contributed by atoms with Crippen LogP contribution in [0.5, 0.6) is 0 Å². The van der Waals surface area contributed by atoms with Crippen molar-refractivity contribution in [2.75, 3.05) is 11.4 Å². The van der Waals surface area contributed by atoms with Crippen molar-refractivity contribution in [1.82, 2.24) is 4.98 Å². The van der Waals surface area contributed by atoms with E-state index in [1.165, 1.54) is 25.7 Å². The van der Waals surface area contributed by atoms with Crippen molar-refractivity contribution >= 4 is 21.7 Å². The molecule has 1 fully saturated rings. The number of hydrogen-bond acceptors (Lipinski definition) is 3. The highest BCUT2D eigenvalue weighted by molar-refractivity contribution is 9.10. The molecule has 94 valence electrons. The maximum atomic E-state index is 5.82. The van der Waals surface area contributed by atoms with E-state index in [0.717, 1.165) is 22.4 Å². The number of nitrogens with zero attached hydrogens (tertiary/aromatic N) is 2. The highest BCUT2D eigenvalue weighted by Gasteiger charge is 2.20. The average Bonchev–Trinajstić information content (AvgIpc) is 2.54. The highest BCUT2D eigenvalue weighted by Crippen LogP contribution is 2.26. The summed E-state index contributed by atoms with van der Waals surface area (Å²) in [6.07, 6.45) is 7.03. The van der Waals surface area contributed by atoms with Gasteiger partial charge in [-0.1, -0.05) is 12.8 Å². The summed E-state index contributed by atoms with van der Waals surface area (Å²) in [6, 6.07) is 2.65. The molecule has 0 saturated carbocycles. The Hall–Kier alpha value is -0.610. The van der Waals surface area contributed by atoms with Gasteiger partial charge in [0.1, 0.15) is 5.82 Å². The van der Waals surface area contributed by atoms with Crippen LogP contribution in [0, 0.1) is 0 Å². The number of rotatable bonds is 2. The first-order valence-electron chi connectivity index (χ1n) is 6.33. The first-order chi connectivity index (χ1) is 8.22. The van der Waals surface area contributed by atoms with Gasteiger partial charge in [0.25, 0.3) is 0 Å². The van der Waals surface area contributed by atoms with Gasteiger partial charge in [0.15, 0.2) is 0 Å². The zero-order valence-corrected chi connectivity index (χ0v) is 11.9. The van der Waals surface area contributed by atoms with Crippen LogP contribution in [0.1, 0.15) is 38.2 Å². The van der Waals surface area contributed by atoms with Crippen LogP contribution in [-0.2, 0) is 6.54 Å². The van der Waals surface area contributed by atoms with Crippen molar-refractivity contribution in [2.45, 2.75) is 45.2 Å². The van der Waals surface area contributed by atoms with E-state index in [1.807, 2.05) is 6.20 Å². The van der Waals surface area contributed by atoms with Gasteiger partial charge in [-0.25, -0.2) is 4.98 Å². The van der Waals surface area contributed by atoms with E-state index < -0.39 is 0 Å². The largest absolute Gasteiger partial charge is 0.354 e. The fourth-order valence-corrected chi connectivity index (χ4v) is 2.85. The summed E-state index contributed by atoms with van der Waals surface area (Å²) in [5, 5.41) is 0. The third-order valence-electron chi connectivity index (χ3n) is 3.45. The molecule has 1 aliphatic rings. The third-order valence-corrected chi connectivity index (χ3v) is 3.89. The van der Waals surface area contributed by atoms with Gasteiger partial charge in [-0.15, -0.1) is 0 Å². The lowest BCUT2D eigenvalue weighted by molar-refractivity contribution is 0.609. The van der Waals surface area contributed by atoms with Crippen molar-refractivity contribution in [3.8, 4) is 0 Å². The van der Waals surface area contributed by atoms with E-state index in [9.17, 15) is 0 Å². The quantitative estimate of drug-likeness (QED) is 0.912. The number of anilines is 1. The number of nitrogens with two attached hydrogens (primary N) is 1. The number of aromatic nitrogens is 1. The molecule has 0 radical (unpaired) electrons. The third kappa shape index (κ3) is 2.99. The van der Waals surface area contributed by atoms with Crippen LogP contribution in [0.25, 0.3) is 0 Å². The summed E-state index contributed by atoms with van der Waals surface area (Å²) in [5.74, 6) is 1.07. The van der Waals surface area contributed by atoms with Gasteiger partial charge >= 0.3 is 0 Å². The molecule has 0 aromatic carbocycles. The number of hydrogen-bond donors (Lipinski definition) is 1. The monoisotopic (exact) mass is 297 g/mol. The van der Waals surface area contributed by atoms with Crippen LogP contribution in [0.3, 0.4) is 0 Å². The lowest BCUT2D eigenvalue weighted by atomic mass is 10.1. The summed E-state index contributed by atoms with van der Waals surface area (Å²) in [5.41, 5.74) is 6.96. The molecule has 2 N–H and O–H groups in total. The lowest BCUT2D eigenvalue weighted by Crippen LogP contribution is -2.34. The molecule has 0 amide bonds. The minimum absolute atomic E-state index is 0.547. The molecular formula is C13H20BrN3. The molecule has 1 aromatic rings. The zero-order chi connectivity index (χ0) is 12.3. The smallest absolute Gasteiger partial charge is 0.133 e. The Balaban J connectivity index is 2.30. The Morgan fingerprint density at radius 3 is 3.06 bits per heavy atom. The van der Waals surface area contributed by atoms with Crippen molar-refractivity contribution in [3.63, 3.8) is 0 Å². The molecule has 1 saturated heterocycles. The van der Waals surface area contributed by atoms with Gasteiger partial charge in [-0.3, -0.25) is 0 Å². The Bertz CT molecular complexity index is 381. The van der Waals surface area contributed by atoms with Crippen LogP contribution in [-0.4, -0.2) is 17.6 Å². The molecule has 3 nitrogen and oxygen atoms in total. The van der Waals surface area contributed by atoms with E-state index in [-0.39, 0.29) is 0 Å². The van der Waals surface area contributed by atoms with E-state index in [0.29, 0.717) is 12.6 Å². The minimum atomic E-state index is 0.547. The van der Waals surface area contributed by atoms with E-state index >= 15 is 0 Å². The van der Waals surface area contributed by atoms with Gasteiger partial charge in [-0.2, -0.15) is 0 Å². The Morgan fingerprint density at radius 2 is 2.29 bits per heavy atom. The molecule has 0 aliphatic carbocycles. The highest BCUT2D eigenvalue weighted by atomic mass is 79.9. The molecule has 1 aliphatic heterocycles. The molecular weight excluding hydrogens is 278 g/mol. The van der Waals surface area contributed by atoms with Crippen LogP contribution in [0.2, 0.25) is 0 Å². The molecule has 2 heterocycles. The van der Waals surface area contributed by atoms with Gasteiger partial charge < -0.3 is 10.6 Å². The maximum Gasteiger partial charge on any atom is 0.133 e. The summed E-state index contributed by atoms with van der Waals surface area (Å²) in [6.45, 7) is 3.93. The van der Waals surface area contributed by atoms with Crippen molar-refractivity contribution in [1.29, 1.82) is 0 Å². The topological polar surface area (TPSA) is 42.2 Å². The molecule has 17 heavy (non-hydrogen) atoms. The maximum absolute atomic E-state index is 5.82. The first kappa shape index (κ1) is 12.8. The summed E-state index contributed by atoms with van der Waals surface area (Å²) in [4.78, 5) is 6.98. The van der Waals surface area contributed by atoms with E-state index in [4.69, 9.17) is 5.73 Å². The molecule has 1 aromatic heterocycles. The lowest BCUT2D eigenvalue weighted by Gasteiger charge is -2.30. The molecule has 1 atom stereocenters. The van der Waals surface area contributed by atoms with Crippen LogP contribution in [0.15, 0.2) is 16.7 Å². The van der Waals surface area contributed by atoms with Gasteiger partial charge in [-0.05, 0) is 41.8 Å². The first-order valence-corrected chi connectivity index (χ1v) is 7.13. The average molecular weight is 298 g/mol. The molecule has 0 bridgehead atoms. The predicted octanol–water partition coefficient (Wildman–Crippen LogP) is 3.07. The SMILES string of the molecule is CC1CCCCCN1c1ncc(Br)cc1CN. The minimum Gasteiger partial charge on any atom is -0.354 e. The fourth-order valence-electron chi connectivity index (χ4n) is 2.47. The van der Waals surface area contributed by atoms with E-state index in [1.54, 1.807) is 0 Å². The number of pyridine rings is 1. The van der Waals surface area contributed by atoms with E-state index in [2.05, 4.69) is 38.8 Å². The fraction of sp³-hybridized carbons (Fsp3) is 0.615. The second kappa shape index (κ2) is 5.83. The van der Waals surface area contributed by atoms with Crippen LogP contribution < -0.4 is 10.6 Å². The zero-order valence-electron chi connectivity index (χ0n) is 10.3. The molecule has 2 rings (SSSR count). The molecule has 1 unspecified atom stereocenters. The Morgan fingerprint density at radius 1 is 1.47 bits per heavy atom. The summed E-state index contributed by atoms with van der Waals surface area (Å²) >= 11 is 3.46. The Kier molecular flexibility index (Phi) is 4.40. The summed E-state index contributed by atoms with van der Waals surface area (Å²) < 4.78 is 1.00. The van der Waals surface area contributed by atoms with Crippen LogP contribution in [0.4, 0.5) is 5.82 Å². The van der Waals surface area contributed by atoms with Gasteiger partial charge in [0.2, 0.25) is 0 Å². The molecule has 4 heteroatoms. The standard InChI is InChI=1S/C13H20BrN3/c1-10-5-3-2-4-6-17(10)13-11(8-15)7-12(14)9-16-13/h7,9-10H,2-6,8,15H2,1H3. The second-order valence-electron chi connectivity index (χ2n) is 4.73. The second-order valence-corrected chi connectivity index (χ2v) is 5.65. The van der Waals surface area contributed by atoms with Crippen molar-refractivity contribution in [3.05, 3.63) is 22.3 Å². The summed E-state index contributed by atoms with van der Waals surface area (Å²) in [7, 11) is 0. The van der Waals surface area contributed by atoms with Gasteiger partial charge in [0, 0.05) is 35.4 Å². The normalized spacial score (nSPS) is 21.4. The van der Waals surface area contributed by atoms with Crippen LogP contribution >= 0.6 is 15.9 Å². The van der Waals surface area contributed by atoms with Crippen molar-refractivity contribution in [2.24, 2.45) is 5.73 Å².